The van der Waals surface area contributed by atoms with Crippen molar-refractivity contribution in [2.24, 2.45) is 0 Å². The molecule has 2 rings (SSSR count). The Morgan fingerprint density at radius 2 is 1.79 bits per heavy atom. The third-order valence-electron chi connectivity index (χ3n) is 2.48. The number of ether oxygens (including phenoxy) is 2. The predicted molar refractivity (Wildman–Crippen MR) is 67.7 cm³/mol. The van der Waals surface area contributed by atoms with Crippen LogP contribution in [-0.2, 0) is 0 Å². The van der Waals surface area contributed by atoms with Crippen LogP contribution in [0.4, 0.5) is 0 Å². The van der Waals surface area contributed by atoms with Gasteiger partial charge in [-0.1, -0.05) is 12.1 Å². The Morgan fingerprint density at radius 1 is 1.05 bits per heavy atom. The molecule has 0 heterocycles. The molecule has 0 saturated heterocycles. The van der Waals surface area contributed by atoms with Crippen LogP contribution in [0.15, 0.2) is 42.5 Å². The number of rotatable bonds is 3. The number of aromatic hydroxyl groups is 2. The normalized spacial score (nSPS) is 9.95. The molecule has 0 aliphatic rings. The molecule has 0 saturated carbocycles. The highest BCUT2D eigenvalue weighted by molar-refractivity contribution is 5.94. The summed E-state index contributed by atoms with van der Waals surface area (Å²) in [6.45, 7) is 0. The van der Waals surface area contributed by atoms with Crippen molar-refractivity contribution >= 4 is 5.97 Å². The molecule has 5 heteroatoms. The molecular formula is C14H12O5. The minimum absolute atomic E-state index is 0.131. The number of phenols is 2. The van der Waals surface area contributed by atoms with E-state index in [-0.39, 0.29) is 22.8 Å². The first-order valence-corrected chi connectivity index (χ1v) is 5.49. The number of phenolic OH excluding ortho intramolecular Hbond substituents is 2. The van der Waals surface area contributed by atoms with Gasteiger partial charge >= 0.3 is 5.97 Å². The first-order chi connectivity index (χ1) is 9.11. The van der Waals surface area contributed by atoms with Gasteiger partial charge in [0.25, 0.3) is 0 Å². The summed E-state index contributed by atoms with van der Waals surface area (Å²) >= 11 is 0. The highest BCUT2D eigenvalue weighted by Crippen LogP contribution is 2.29. The average molecular weight is 260 g/mol. The van der Waals surface area contributed by atoms with Gasteiger partial charge in [0.05, 0.1) is 7.11 Å². The standard InChI is InChI=1S/C14H12O5/c1-18-13-5-3-2-4-10(13)14(17)19-9-6-7-11(15)12(16)8-9/h2-8,15-16H,1H3. The van der Waals surface area contributed by atoms with Gasteiger partial charge in [0, 0.05) is 6.07 Å². The van der Waals surface area contributed by atoms with Crippen molar-refractivity contribution in [3.05, 3.63) is 48.0 Å². The maximum atomic E-state index is 11.9. The summed E-state index contributed by atoms with van der Waals surface area (Å²) in [5.41, 5.74) is 0.276. The summed E-state index contributed by atoms with van der Waals surface area (Å²) in [7, 11) is 1.46. The van der Waals surface area contributed by atoms with Crippen LogP contribution in [0.2, 0.25) is 0 Å². The molecule has 2 aromatic carbocycles. The highest BCUT2D eigenvalue weighted by Gasteiger charge is 2.14. The van der Waals surface area contributed by atoms with Crippen molar-refractivity contribution in [3.63, 3.8) is 0 Å². The summed E-state index contributed by atoms with van der Waals surface area (Å²) in [6, 6.07) is 10.4. The molecule has 0 radical (unpaired) electrons. The monoisotopic (exact) mass is 260 g/mol. The third kappa shape index (κ3) is 2.77. The molecule has 0 bridgehead atoms. The molecular weight excluding hydrogens is 248 g/mol. The van der Waals surface area contributed by atoms with Crippen molar-refractivity contribution in [2.45, 2.75) is 0 Å². The van der Waals surface area contributed by atoms with E-state index in [0.717, 1.165) is 6.07 Å². The molecule has 19 heavy (non-hydrogen) atoms. The summed E-state index contributed by atoms with van der Waals surface area (Å²) < 4.78 is 10.1. The number of benzene rings is 2. The Labute approximate surface area is 109 Å². The lowest BCUT2D eigenvalue weighted by Crippen LogP contribution is -2.09. The lowest BCUT2D eigenvalue weighted by atomic mass is 10.2. The predicted octanol–water partition coefficient (Wildman–Crippen LogP) is 2.33. The van der Waals surface area contributed by atoms with Crippen molar-refractivity contribution < 1.29 is 24.5 Å². The zero-order valence-electron chi connectivity index (χ0n) is 10.2. The molecule has 2 aromatic rings. The molecule has 0 spiro atoms. The van der Waals surface area contributed by atoms with Gasteiger partial charge in [0.1, 0.15) is 17.1 Å². The Kier molecular flexibility index (Phi) is 3.56. The number of hydrogen-bond acceptors (Lipinski definition) is 5. The number of carbonyl (C=O) groups excluding carboxylic acids is 1. The summed E-state index contributed by atoms with van der Waals surface area (Å²) in [4.78, 5) is 11.9. The topological polar surface area (TPSA) is 76.0 Å². The Bertz CT molecular complexity index is 607. The fraction of sp³-hybridized carbons (Fsp3) is 0.0714. The largest absolute Gasteiger partial charge is 0.504 e. The Morgan fingerprint density at radius 3 is 2.47 bits per heavy atom. The first-order valence-electron chi connectivity index (χ1n) is 5.49. The van der Waals surface area contributed by atoms with Gasteiger partial charge in [-0.25, -0.2) is 4.79 Å². The van der Waals surface area contributed by atoms with Crippen LogP contribution < -0.4 is 9.47 Å². The van der Waals surface area contributed by atoms with Crippen LogP contribution >= 0.6 is 0 Å². The average Bonchev–Trinajstić information content (AvgIpc) is 2.43. The number of para-hydroxylation sites is 1. The van der Waals surface area contributed by atoms with Crippen LogP contribution in [0.3, 0.4) is 0 Å². The van der Waals surface area contributed by atoms with E-state index in [2.05, 4.69) is 0 Å². The van der Waals surface area contributed by atoms with Crippen molar-refractivity contribution in [1.29, 1.82) is 0 Å². The molecule has 0 fully saturated rings. The van der Waals surface area contributed by atoms with Gasteiger partial charge in [0.2, 0.25) is 0 Å². The second-order valence-corrected chi connectivity index (χ2v) is 3.74. The molecule has 0 aliphatic heterocycles. The molecule has 5 nitrogen and oxygen atoms in total. The van der Waals surface area contributed by atoms with E-state index in [1.165, 1.54) is 19.2 Å². The second kappa shape index (κ2) is 5.30. The van der Waals surface area contributed by atoms with Gasteiger partial charge in [-0.3, -0.25) is 0 Å². The Hall–Kier alpha value is -2.69. The van der Waals surface area contributed by atoms with Crippen LogP contribution in [0.25, 0.3) is 0 Å². The third-order valence-corrected chi connectivity index (χ3v) is 2.48. The number of hydrogen-bond donors (Lipinski definition) is 2. The van der Waals surface area contributed by atoms with E-state index in [1.54, 1.807) is 24.3 Å². The van der Waals surface area contributed by atoms with E-state index in [9.17, 15) is 9.90 Å². The smallest absolute Gasteiger partial charge is 0.347 e. The van der Waals surface area contributed by atoms with Crippen molar-refractivity contribution in [1.82, 2.24) is 0 Å². The van der Waals surface area contributed by atoms with Crippen LogP contribution in [0.1, 0.15) is 10.4 Å². The van der Waals surface area contributed by atoms with Gasteiger partial charge in [0.15, 0.2) is 11.5 Å². The first kappa shape index (κ1) is 12.8. The minimum atomic E-state index is -0.609. The van der Waals surface area contributed by atoms with Crippen molar-refractivity contribution in [3.8, 4) is 23.0 Å². The van der Waals surface area contributed by atoms with E-state index in [4.69, 9.17) is 14.6 Å². The fourth-order valence-corrected chi connectivity index (χ4v) is 1.54. The van der Waals surface area contributed by atoms with Gasteiger partial charge in [-0.05, 0) is 24.3 Å². The van der Waals surface area contributed by atoms with E-state index < -0.39 is 5.97 Å². The van der Waals surface area contributed by atoms with Gasteiger partial charge in [-0.15, -0.1) is 0 Å². The fourth-order valence-electron chi connectivity index (χ4n) is 1.54. The summed E-state index contributed by atoms with van der Waals surface area (Å²) in [5.74, 6) is -0.716. The highest BCUT2D eigenvalue weighted by atomic mass is 16.5. The lowest BCUT2D eigenvalue weighted by Gasteiger charge is -2.08. The maximum absolute atomic E-state index is 11.9. The van der Waals surface area contributed by atoms with Crippen molar-refractivity contribution in [2.75, 3.05) is 7.11 Å². The summed E-state index contributed by atoms with van der Waals surface area (Å²) in [5, 5.41) is 18.5. The SMILES string of the molecule is COc1ccccc1C(=O)Oc1ccc(O)c(O)c1. The Balaban J connectivity index is 2.23. The van der Waals surface area contributed by atoms with Gasteiger partial charge < -0.3 is 19.7 Å². The molecule has 0 amide bonds. The number of methoxy groups -OCH3 is 1. The summed E-state index contributed by atoms with van der Waals surface area (Å²) in [6.07, 6.45) is 0. The van der Waals surface area contributed by atoms with Crippen LogP contribution in [0.5, 0.6) is 23.0 Å². The molecule has 0 atom stereocenters. The van der Waals surface area contributed by atoms with Crippen LogP contribution in [0, 0.1) is 0 Å². The van der Waals surface area contributed by atoms with E-state index in [1.807, 2.05) is 0 Å². The molecule has 0 aromatic heterocycles. The van der Waals surface area contributed by atoms with E-state index >= 15 is 0 Å². The molecule has 98 valence electrons. The second-order valence-electron chi connectivity index (χ2n) is 3.74. The zero-order valence-corrected chi connectivity index (χ0v) is 10.2. The minimum Gasteiger partial charge on any atom is -0.504 e. The zero-order chi connectivity index (χ0) is 13.8. The lowest BCUT2D eigenvalue weighted by molar-refractivity contribution is 0.0731. The van der Waals surface area contributed by atoms with Crippen LogP contribution in [-0.4, -0.2) is 23.3 Å². The number of esters is 1. The van der Waals surface area contributed by atoms with E-state index in [0.29, 0.717) is 5.75 Å². The maximum Gasteiger partial charge on any atom is 0.347 e. The molecule has 0 unspecified atom stereocenters. The molecule has 0 aliphatic carbocycles. The molecule has 2 N–H and O–H groups in total. The quantitative estimate of drug-likeness (QED) is 0.503. The number of carbonyl (C=O) groups is 1. The van der Waals surface area contributed by atoms with Gasteiger partial charge in [-0.2, -0.15) is 0 Å².